The van der Waals surface area contributed by atoms with E-state index in [1.165, 1.54) is 48.8 Å². The second kappa shape index (κ2) is 5.84. The van der Waals surface area contributed by atoms with Crippen molar-refractivity contribution in [2.24, 2.45) is 5.73 Å². The normalized spacial score (nSPS) is 18.4. The maximum atomic E-state index is 6.18. The SMILES string of the molecule is COc1c(Br)c(C)cc(C)c1C1(CN)CCCCC1. The van der Waals surface area contributed by atoms with Gasteiger partial charge in [0.2, 0.25) is 0 Å². The van der Waals surface area contributed by atoms with Crippen molar-refractivity contribution in [1.29, 1.82) is 0 Å². The lowest BCUT2D eigenvalue weighted by molar-refractivity contribution is 0.286. The summed E-state index contributed by atoms with van der Waals surface area (Å²) in [6.07, 6.45) is 6.22. The summed E-state index contributed by atoms with van der Waals surface area (Å²) >= 11 is 3.68. The average molecular weight is 326 g/mol. The highest BCUT2D eigenvalue weighted by Gasteiger charge is 2.37. The number of rotatable bonds is 3. The standard InChI is InChI=1S/C16H24BrNO/c1-11-9-12(2)14(17)15(19-3)13(11)16(10-18)7-5-4-6-8-16/h9H,4-8,10,18H2,1-3H3. The second-order valence-electron chi connectivity index (χ2n) is 5.78. The lowest BCUT2D eigenvalue weighted by atomic mass is 9.67. The maximum Gasteiger partial charge on any atom is 0.137 e. The molecule has 0 atom stereocenters. The van der Waals surface area contributed by atoms with Crippen molar-refractivity contribution in [2.45, 2.75) is 51.4 Å². The minimum Gasteiger partial charge on any atom is -0.495 e. The first-order chi connectivity index (χ1) is 9.05. The van der Waals surface area contributed by atoms with Crippen LogP contribution in [-0.4, -0.2) is 13.7 Å². The van der Waals surface area contributed by atoms with Gasteiger partial charge in [-0.05, 0) is 53.7 Å². The van der Waals surface area contributed by atoms with Crippen LogP contribution >= 0.6 is 15.9 Å². The molecule has 0 radical (unpaired) electrons. The molecule has 0 amide bonds. The third kappa shape index (κ3) is 2.55. The summed E-state index contributed by atoms with van der Waals surface area (Å²) in [4.78, 5) is 0. The fourth-order valence-corrected chi connectivity index (χ4v) is 4.04. The Hall–Kier alpha value is -0.540. The summed E-state index contributed by atoms with van der Waals surface area (Å²) in [5.74, 6) is 0.991. The highest BCUT2D eigenvalue weighted by molar-refractivity contribution is 9.10. The molecule has 2 nitrogen and oxygen atoms in total. The summed E-state index contributed by atoms with van der Waals surface area (Å²) in [5, 5.41) is 0. The van der Waals surface area contributed by atoms with E-state index in [2.05, 4.69) is 35.8 Å². The number of hydrogen-bond acceptors (Lipinski definition) is 2. The molecule has 0 bridgehead atoms. The van der Waals surface area contributed by atoms with Gasteiger partial charge in [0.25, 0.3) is 0 Å². The van der Waals surface area contributed by atoms with Gasteiger partial charge in [0.15, 0.2) is 0 Å². The Bertz CT molecular complexity index is 464. The molecule has 1 aromatic carbocycles. The Morgan fingerprint density at radius 3 is 2.37 bits per heavy atom. The molecule has 2 N–H and O–H groups in total. The molecule has 1 aliphatic rings. The van der Waals surface area contributed by atoms with Crippen LogP contribution in [0.4, 0.5) is 0 Å². The van der Waals surface area contributed by atoms with Gasteiger partial charge in [0.1, 0.15) is 5.75 Å². The van der Waals surface area contributed by atoms with E-state index in [0.717, 1.165) is 10.2 Å². The van der Waals surface area contributed by atoms with Crippen LogP contribution in [0.3, 0.4) is 0 Å². The molecule has 0 aromatic heterocycles. The first-order valence-electron chi connectivity index (χ1n) is 7.10. The van der Waals surface area contributed by atoms with E-state index in [4.69, 9.17) is 10.5 Å². The first kappa shape index (κ1) is 14.9. The fraction of sp³-hybridized carbons (Fsp3) is 0.625. The number of halogens is 1. The summed E-state index contributed by atoms with van der Waals surface area (Å²) in [6, 6.07) is 2.24. The molecular weight excluding hydrogens is 302 g/mol. The third-order valence-electron chi connectivity index (χ3n) is 4.54. The molecule has 0 saturated heterocycles. The lowest BCUT2D eigenvalue weighted by Gasteiger charge is -2.39. The van der Waals surface area contributed by atoms with Crippen LogP contribution in [0.15, 0.2) is 10.5 Å². The zero-order valence-corrected chi connectivity index (χ0v) is 13.8. The number of benzene rings is 1. The van der Waals surface area contributed by atoms with Crippen LogP contribution in [0.1, 0.15) is 48.8 Å². The quantitative estimate of drug-likeness (QED) is 0.902. The largest absolute Gasteiger partial charge is 0.495 e. The van der Waals surface area contributed by atoms with Gasteiger partial charge in [-0.3, -0.25) is 0 Å². The summed E-state index contributed by atoms with van der Waals surface area (Å²) in [6.45, 7) is 5.00. The topological polar surface area (TPSA) is 35.2 Å². The Morgan fingerprint density at radius 2 is 1.84 bits per heavy atom. The van der Waals surface area contributed by atoms with Crippen LogP contribution in [-0.2, 0) is 5.41 Å². The first-order valence-corrected chi connectivity index (χ1v) is 7.89. The zero-order valence-electron chi connectivity index (χ0n) is 12.2. The molecular formula is C16H24BrNO. The van der Waals surface area contributed by atoms with Gasteiger partial charge in [-0.2, -0.15) is 0 Å². The minimum absolute atomic E-state index is 0.101. The number of hydrogen-bond donors (Lipinski definition) is 1. The Morgan fingerprint density at radius 1 is 1.21 bits per heavy atom. The van der Waals surface area contributed by atoms with E-state index in [-0.39, 0.29) is 5.41 Å². The van der Waals surface area contributed by atoms with Crippen LogP contribution < -0.4 is 10.5 Å². The van der Waals surface area contributed by atoms with Gasteiger partial charge in [-0.15, -0.1) is 0 Å². The van der Waals surface area contributed by atoms with Crippen molar-refractivity contribution in [1.82, 2.24) is 0 Å². The van der Waals surface area contributed by atoms with E-state index in [1.807, 2.05) is 0 Å². The molecule has 19 heavy (non-hydrogen) atoms. The van der Waals surface area contributed by atoms with Crippen LogP contribution in [0.2, 0.25) is 0 Å². The number of nitrogens with two attached hydrogens (primary N) is 1. The average Bonchev–Trinajstić information content (AvgIpc) is 2.43. The molecule has 1 aromatic rings. The van der Waals surface area contributed by atoms with E-state index < -0.39 is 0 Å². The minimum atomic E-state index is 0.101. The van der Waals surface area contributed by atoms with Crippen LogP contribution in [0.25, 0.3) is 0 Å². The van der Waals surface area contributed by atoms with Gasteiger partial charge in [-0.25, -0.2) is 0 Å². The predicted octanol–water partition coefficient (Wildman–Crippen LogP) is 4.24. The summed E-state index contributed by atoms with van der Waals surface area (Å²) in [7, 11) is 1.76. The van der Waals surface area contributed by atoms with Crippen molar-refractivity contribution in [3.63, 3.8) is 0 Å². The fourth-order valence-electron chi connectivity index (χ4n) is 3.56. The Kier molecular flexibility index (Phi) is 4.57. The van der Waals surface area contributed by atoms with E-state index in [1.54, 1.807) is 7.11 Å². The molecule has 0 unspecified atom stereocenters. The molecule has 3 heteroatoms. The highest BCUT2D eigenvalue weighted by Crippen LogP contribution is 2.47. The predicted molar refractivity (Wildman–Crippen MR) is 84.0 cm³/mol. The maximum absolute atomic E-state index is 6.18. The van der Waals surface area contributed by atoms with Gasteiger partial charge >= 0.3 is 0 Å². The third-order valence-corrected chi connectivity index (χ3v) is 5.52. The van der Waals surface area contributed by atoms with E-state index in [9.17, 15) is 0 Å². The van der Waals surface area contributed by atoms with Crippen molar-refractivity contribution in [2.75, 3.05) is 13.7 Å². The highest BCUT2D eigenvalue weighted by atomic mass is 79.9. The Labute approximate surface area is 124 Å². The van der Waals surface area contributed by atoms with Gasteiger partial charge in [-0.1, -0.05) is 25.3 Å². The number of aryl methyl sites for hydroxylation is 2. The smallest absolute Gasteiger partial charge is 0.137 e. The van der Waals surface area contributed by atoms with Crippen molar-refractivity contribution >= 4 is 15.9 Å². The van der Waals surface area contributed by atoms with Gasteiger partial charge in [0.05, 0.1) is 11.6 Å². The van der Waals surface area contributed by atoms with Crippen molar-refractivity contribution in [3.8, 4) is 5.75 Å². The van der Waals surface area contributed by atoms with Gasteiger partial charge < -0.3 is 10.5 Å². The molecule has 106 valence electrons. The van der Waals surface area contributed by atoms with Crippen LogP contribution in [0.5, 0.6) is 5.75 Å². The summed E-state index contributed by atoms with van der Waals surface area (Å²) < 4.78 is 6.79. The summed E-state index contributed by atoms with van der Waals surface area (Å²) in [5.41, 5.74) is 10.1. The lowest BCUT2D eigenvalue weighted by Crippen LogP contribution is -2.38. The van der Waals surface area contributed by atoms with Crippen molar-refractivity contribution in [3.05, 3.63) is 27.2 Å². The van der Waals surface area contributed by atoms with Crippen molar-refractivity contribution < 1.29 is 4.74 Å². The number of ether oxygens (including phenoxy) is 1. The van der Waals surface area contributed by atoms with Gasteiger partial charge in [0, 0.05) is 17.5 Å². The monoisotopic (exact) mass is 325 g/mol. The number of methoxy groups -OCH3 is 1. The molecule has 1 aliphatic carbocycles. The van der Waals surface area contributed by atoms with E-state index >= 15 is 0 Å². The molecule has 0 spiro atoms. The van der Waals surface area contributed by atoms with E-state index in [0.29, 0.717) is 6.54 Å². The molecule has 0 aliphatic heterocycles. The molecule has 1 saturated carbocycles. The molecule has 0 heterocycles. The van der Waals surface area contributed by atoms with Crippen LogP contribution in [0, 0.1) is 13.8 Å². The second-order valence-corrected chi connectivity index (χ2v) is 6.57. The molecule has 2 rings (SSSR count). The Balaban J connectivity index is 2.62. The zero-order chi connectivity index (χ0) is 14.0. The molecule has 1 fully saturated rings.